The number of sulfonamides is 1. The highest BCUT2D eigenvalue weighted by molar-refractivity contribution is 7.92. The van der Waals surface area contributed by atoms with E-state index in [1.54, 1.807) is 7.05 Å². The van der Waals surface area contributed by atoms with Crippen LogP contribution in [0.25, 0.3) is 0 Å². The number of carboxylic acids is 1. The van der Waals surface area contributed by atoms with Crippen molar-refractivity contribution < 1.29 is 23.1 Å². The van der Waals surface area contributed by atoms with E-state index >= 15 is 0 Å². The van der Waals surface area contributed by atoms with E-state index < -0.39 is 16.0 Å². The summed E-state index contributed by atoms with van der Waals surface area (Å²) in [6.07, 6.45) is 1.36. The summed E-state index contributed by atoms with van der Waals surface area (Å²) in [6, 6.07) is 2.04. The Kier molecular flexibility index (Phi) is 4.24. The number of nitrogens with zero attached hydrogens (tertiary/aromatic N) is 3. The molecule has 1 aromatic carbocycles. The lowest BCUT2D eigenvalue weighted by atomic mass is 10.2. The number of aromatic nitrogens is 3. The minimum Gasteiger partial charge on any atom is -0.496 e. The highest BCUT2D eigenvalue weighted by Crippen LogP contribution is 2.31. The molecule has 0 amide bonds. The van der Waals surface area contributed by atoms with Crippen molar-refractivity contribution in [2.24, 2.45) is 7.05 Å². The number of ether oxygens (including phenoxy) is 1. The van der Waals surface area contributed by atoms with Crippen LogP contribution in [0.5, 0.6) is 5.75 Å². The first-order valence-electron chi connectivity index (χ1n) is 5.74. The molecule has 2 aromatic rings. The Balaban J connectivity index is 2.49. The first kappa shape index (κ1) is 16.0. The molecule has 0 saturated heterocycles. The van der Waals surface area contributed by atoms with Gasteiger partial charge in [0.05, 0.1) is 18.3 Å². The fraction of sp³-hybridized carbons (Fsp3) is 0.182. The van der Waals surface area contributed by atoms with Gasteiger partial charge in [-0.05, 0) is 6.07 Å². The van der Waals surface area contributed by atoms with Crippen LogP contribution in [0.1, 0.15) is 10.4 Å². The second-order valence-corrected chi connectivity index (χ2v) is 6.23. The summed E-state index contributed by atoms with van der Waals surface area (Å²) in [5, 5.41) is 16.0. The van der Waals surface area contributed by atoms with Crippen LogP contribution in [-0.2, 0) is 17.1 Å². The SMILES string of the molecule is COc1cc(S(=O)(=O)Nc2cn(C)nn2)c(Cl)cc1C(=O)O. The van der Waals surface area contributed by atoms with Gasteiger partial charge in [0.15, 0.2) is 5.82 Å². The summed E-state index contributed by atoms with van der Waals surface area (Å²) in [5.74, 6) is -1.42. The van der Waals surface area contributed by atoms with Crippen LogP contribution in [0.3, 0.4) is 0 Å². The fourth-order valence-corrected chi connectivity index (χ4v) is 3.19. The monoisotopic (exact) mass is 346 g/mol. The largest absolute Gasteiger partial charge is 0.496 e. The van der Waals surface area contributed by atoms with Crippen LogP contribution < -0.4 is 9.46 Å². The molecule has 0 fully saturated rings. The number of carbonyl (C=O) groups is 1. The van der Waals surface area contributed by atoms with Crippen molar-refractivity contribution in [3.63, 3.8) is 0 Å². The third-order valence-electron chi connectivity index (χ3n) is 2.62. The van der Waals surface area contributed by atoms with Gasteiger partial charge in [-0.1, -0.05) is 16.8 Å². The van der Waals surface area contributed by atoms with E-state index in [0.717, 1.165) is 12.1 Å². The molecule has 11 heteroatoms. The maximum absolute atomic E-state index is 12.3. The van der Waals surface area contributed by atoms with E-state index in [4.69, 9.17) is 21.4 Å². The molecule has 1 aromatic heterocycles. The summed E-state index contributed by atoms with van der Waals surface area (Å²) in [4.78, 5) is 10.7. The molecule has 0 aliphatic rings. The van der Waals surface area contributed by atoms with Crippen molar-refractivity contribution in [2.45, 2.75) is 4.90 Å². The molecule has 0 radical (unpaired) electrons. The number of aryl methyl sites for hydroxylation is 1. The van der Waals surface area contributed by atoms with Gasteiger partial charge in [0.2, 0.25) is 0 Å². The zero-order valence-electron chi connectivity index (χ0n) is 11.4. The van der Waals surface area contributed by atoms with E-state index in [0.29, 0.717) is 0 Å². The van der Waals surface area contributed by atoms with Crippen molar-refractivity contribution in [3.05, 3.63) is 28.9 Å². The van der Waals surface area contributed by atoms with Gasteiger partial charge in [-0.25, -0.2) is 13.2 Å². The summed E-state index contributed by atoms with van der Waals surface area (Å²) in [6.45, 7) is 0. The van der Waals surface area contributed by atoms with E-state index in [9.17, 15) is 13.2 Å². The molecule has 2 N–H and O–H groups in total. The summed E-state index contributed by atoms with van der Waals surface area (Å²) in [5.41, 5.74) is -0.244. The Morgan fingerprint density at radius 2 is 2.14 bits per heavy atom. The highest BCUT2D eigenvalue weighted by Gasteiger charge is 2.24. The lowest BCUT2D eigenvalue weighted by Crippen LogP contribution is -2.15. The van der Waals surface area contributed by atoms with Crippen LogP contribution in [-0.4, -0.2) is 41.6 Å². The van der Waals surface area contributed by atoms with E-state index in [1.807, 2.05) is 0 Å². The number of hydrogen-bond donors (Lipinski definition) is 2. The normalized spacial score (nSPS) is 11.2. The Labute approximate surface area is 130 Å². The molecule has 1 heterocycles. The number of aromatic carboxylic acids is 1. The van der Waals surface area contributed by atoms with Crippen LogP contribution in [0.2, 0.25) is 5.02 Å². The average Bonchev–Trinajstić information content (AvgIpc) is 2.82. The molecule has 0 bridgehead atoms. The predicted octanol–water partition coefficient (Wildman–Crippen LogP) is 0.976. The Hall–Kier alpha value is -2.33. The first-order chi connectivity index (χ1) is 10.2. The van der Waals surface area contributed by atoms with E-state index in [2.05, 4.69) is 15.0 Å². The zero-order chi connectivity index (χ0) is 16.5. The van der Waals surface area contributed by atoms with Crippen molar-refractivity contribution in [1.29, 1.82) is 0 Å². The third kappa shape index (κ3) is 3.12. The molecule has 0 spiro atoms. The Morgan fingerprint density at radius 3 is 2.64 bits per heavy atom. The lowest BCUT2D eigenvalue weighted by Gasteiger charge is -2.11. The number of rotatable bonds is 5. The summed E-state index contributed by atoms with van der Waals surface area (Å²) >= 11 is 5.88. The number of hydrogen-bond acceptors (Lipinski definition) is 6. The molecule has 9 nitrogen and oxygen atoms in total. The number of halogens is 1. The number of nitrogens with one attached hydrogen (secondary N) is 1. The predicted molar refractivity (Wildman–Crippen MR) is 76.8 cm³/mol. The van der Waals surface area contributed by atoms with E-state index in [1.165, 1.54) is 18.0 Å². The molecule has 22 heavy (non-hydrogen) atoms. The third-order valence-corrected chi connectivity index (χ3v) is 4.43. The molecule has 0 aliphatic carbocycles. The fourth-order valence-electron chi connectivity index (χ4n) is 1.66. The number of benzene rings is 1. The minimum atomic E-state index is -4.08. The van der Waals surface area contributed by atoms with Gasteiger partial charge in [-0.15, -0.1) is 5.10 Å². The van der Waals surface area contributed by atoms with Crippen LogP contribution in [0.15, 0.2) is 23.2 Å². The second kappa shape index (κ2) is 5.81. The van der Waals surface area contributed by atoms with Gasteiger partial charge in [0.25, 0.3) is 10.0 Å². The van der Waals surface area contributed by atoms with Crippen molar-refractivity contribution in [3.8, 4) is 5.75 Å². The summed E-state index contributed by atoms with van der Waals surface area (Å²) in [7, 11) is -1.28. The van der Waals surface area contributed by atoms with Crippen molar-refractivity contribution in [1.82, 2.24) is 15.0 Å². The topological polar surface area (TPSA) is 123 Å². The van der Waals surface area contributed by atoms with Crippen LogP contribution in [0, 0.1) is 0 Å². The summed E-state index contributed by atoms with van der Waals surface area (Å²) < 4.78 is 33.0. The van der Waals surface area contributed by atoms with Crippen LogP contribution >= 0.6 is 11.6 Å². The molecule has 0 saturated carbocycles. The molecule has 0 unspecified atom stereocenters. The Bertz CT molecular complexity index is 833. The zero-order valence-corrected chi connectivity index (χ0v) is 13.0. The molecule has 118 valence electrons. The van der Waals surface area contributed by atoms with Crippen molar-refractivity contribution in [2.75, 3.05) is 11.8 Å². The number of carboxylic acid groups (broad SMARTS) is 1. The van der Waals surface area contributed by atoms with Gasteiger partial charge in [0.1, 0.15) is 16.2 Å². The molecular formula is C11H11ClN4O5S. The quantitative estimate of drug-likeness (QED) is 0.826. The van der Waals surface area contributed by atoms with Gasteiger partial charge >= 0.3 is 5.97 Å². The molecule has 2 rings (SSSR count). The van der Waals surface area contributed by atoms with Gasteiger partial charge in [-0.3, -0.25) is 9.40 Å². The second-order valence-electron chi connectivity index (χ2n) is 4.17. The molecular weight excluding hydrogens is 336 g/mol. The number of methoxy groups -OCH3 is 1. The highest BCUT2D eigenvalue weighted by atomic mass is 35.5. The van der Waals surface area contributed by atoms with Crippen LogP contribution in [0.4, 0.5) is 5.82 Å². The minimum absolute atomic E-state index is 0.000144. The van der Waals surface area contributed by atoms with Gasteiger partial charge in [0, 0.05) is 13.1 Å². The standard InChI is InChI=1S/C11H11ClN4O5S/c1-16-5-10(13-15-16)14-22(19,20)9-4-8(21-2)6(11(17)18)3-7(9)12/h3-5,14H,1-2H3,(H,17,18). The Morgan fingerprint density at radius 1 is 1.45 bits per heavy atom. The average molecular weight is 347 g/mol. The maximum atomic E-state index is 12.3. The maximum Gasteiger partial charge on any atom is 0.339 e. The van der Waals surface area contributed by atoms with Gasteiger partial charge in [-0.2, -0.15) is 0 Å². The van der Waals surface area contributed by atoms with Crippen molar-refractivity contribution >= 4 is 33.4 Å². The van der Waals surface area contributed by atoms with Gasteiger partial charge < -0.3 is 9.84 Å². The lowest BCUT2D eigenvalue weighted by molar-refractivity contribution is 0.0693. The van der Waals surface area contributed by atoms with E-state index in [-0.39, 0.29) is 27.0 Å². The molecule has 0 atom stereocenters. The smallest absolute Gasteiger partial charge is 0.339 e. The number of anilines is 1. The molecule has 0 aliphatic heterocycles. The first-order valence-corrected chi connectivity index (χ1v) is 7.60.